The number of benzene rings is 1. The lowest BCUT2D eigenvalue weighted by atomic mass is 9.95. The molecule has 2 aromatic rings. The number of non-ortho nitro benzene ring substituents is 1. The first-order valence-corrected chi connectivity index (χ1v) is 9.16. The number of halogens is 1. The van der Waals surface area contributed by atoms with E-state index in [-0.39, 0.29) is 17.5 Å². The fourth-order valence-corrected chi connectivity index (χ4v) is 3.64. The maximum atomic E-state index is 12.4. The van der Waals surface area contributed by atoms with Crippen LogP contribution >= 0.6 is 15.9 Å². The van der Waals surface area contributed by atoms with Crippen LogP contribution in [0.3, 0.4) is 0 Å². The Hall–Kier alpha value is -2.48. The van der Waals surface area contributed by atoms with Gasteiger partial charge in [-0.05, 0) is 53.4 Å². The molecule has 1 N–H and O–H groups in total. The second-order valence-electron chi connectivity index (χ2n) is 6.36. The number of rotatable bonds is 4. The highest BCUT2D eigenvalue weighted by molar-refractivity contribution is 9.10. The largest absolute Gasteiger partial charge is 0.371 e. The Balaban J connectivity index is 1.59. The monoisotopic (exact) mass is 418 g/mol. The smallest absolute Gasteiger partial charge is 0.270 e. The van der Waals surface area contributed by atoms with Gasteiger partial charge in [-0.2, -0.15) is 0 Å². The molecule has 1 amide bonds. The molecule has 0 spiro atoms. The maximum Gasteiger partial charge on any atom is 0.270 e. The van der Waals surface area contributed by atoms with Gasteiger partial charge in [-0.1, -0.05) is 6.07 Å². The summed E-state index contributed by atoms with van der Waals surface area (Å²) in [7, 11) is 0. The molecular formula is C18H19BrN4O3. The first-order valence-electron chi connectivity index (χ1n) is 8.36. The lowest BCUT2D eigenvalue weighted by molar-refractivity contribution is -0.384. The molecule has 1 aromatic heterocycles. The number of aromatic nitrogens is 1. The van der Waals surface area contributed by atoms with Crippen LogP contribution in [-0.2, 0) is 4.79 Å². The van der Waals surface area contributed by atoms with Crippen molar-refractivity contribution in [3.63, 3.8) is 0 Å². The molecule has 1 aromatic carbocycles. The zero-order chi connectivity index (χ0) is 18.7. The zero-order valence-electron chi connectivity index (χ0n) is 14.3. The molecule has 1 aliphatic rings. The minimum Gasteiger partial charge on any atom is -0.371 e. The van der Waals surface area contributed by atoms with Crippen LogP contribution in [0.2, 0.25) is 0 Å². The molecule has 0 saturated carbocycles. The van der Waals surface area contributed by atoms with E-state index in [2.05, 4.69) is 31.1 Å². The van der Waals surface area contributed by atoms with Crippen molar-refractivity contribution in [3.05, 3.63) is 56.7 Å². The molecule has 0 unspecified atom stereocenters. The van der Waals surface area contributed by atoms with Crippen LogP contribution in [0.15, 0.2) is 41.0 Å². The van der Waals surface area contributed by atoms with E-state index in [0.717, 1.165) is 37.2 Å². The minimum atomic E-state index is -0.412. The van der Waals surface area contributed by atoms with Gasteiger partial charge in [-0.3, -0.25) is 14.9 Å². The van der Waals surface area contributed by atoms with E-state index in [1.54, 1.807) is 18.3 Å². The molecule has 0 aliphatic carbocycles. The van der Waals surface area contributed by atoms with Crippen LogP contribution in [0.25, 0.3) is 0 Å². The summed E-state index contributed by atoms with van der Waals surface area (Å²) < 4.78 is 0.693. The molecule has 0 bridgehead atoms. The number of nitrogens with one attached hydrogen (secondary N) is 1. The molecule has 7 nitrogen and oxygen atoms in total. The SMILES string of the molecule is Cc1ccc(NC(=O)C2CCN(c3ccc([N+](=O)[O-])cc3Br)CC2)nc1. The molecule has 1 saturated heterocycles. The third kappa shape index (κ3) is 4.19. The highest BCUT2D eigenvalue weighted by Crippen LogP contribution is 2.33. The zero-order valence-corrected chi connectivity index (χ0v) is 15.9. The lowest BCUT2D eigenvalue weighted by Crippen LogP contribution is -2.38. The van der Waals surface area contributed by atoms with Crippen LogP contribution in [0.1, 0.15) is 18.4 Å². The minimum absolute atomic E-state index is 0.0104. The number of nitro benzene ring substituents is 1. The Morgan fingerprint density at radius 3 is 2.62 bits per heavy atom. The summed E-state index contributed by atoms with van der Waals surface area (Å²) in [5.74, 6) is 0.496. The molecular weight excluding hydrogens is 400 g/mol. The van der Waals surface area contributed by atoms with Crippen molar-refractivity contribution < 1.29 is 9.72 Å². The van der Waals surface area contributed by atoms with Gasteiger partial charge in [0.1, 0.15) is 5.82 Å². The number of pyridine rings is 1. The van der Waals surface area contributed by atoms with Crippen molar-refractivity contribution in [1.29, 1.82) is 0 Å². The van der Waals surface area contributed by atoms with Gasteiger partial charge < -0.3 is 10.2 Å². The molecule has 26 heavy (non-hydrogen) atoms. The Labute approximate surface area is 159 Å². The Morgan fingerprint density at radius 2 is 2.04 bits per heavy atom. The number of carbonyl (C=O) groups is 1. The average Bonchev–Trinajstić information content (AvgIpc) is 2.63. The van der Waals surface area contributed by atoms with E-state index in [9.17, 15) is 14.9 Å². The maximum absolute atomic E-state index is 12.4. The molecule has 1 fully saturated rings. The van der Waals surface area contributed by atoms with Crippen LogP contribution < -0.4 is 10.2 Å². The van der Waals surface area contributed by atoms with Crippen molar-refractivity contribution in [2.24, 2.45) is 5.92 Å². The predicted octanol–water partition coefficient (Wildman–Crippen LogP) is 3.92. The second kappa shape index (κ2) is 7.82. The van der Waals surface area contributed by atoms with Crippen molar-refractivity contribution in [3.8, 4) is 0 Å². The van der Waals surface area contributed by atoms with E-state index in [1.165, 1.54) is 12.1 Å². The second-order valence-corrected chi connectivity index (χ2v) is 7.22. The number of anilines is 2. The summed E-state index contributed by atoms with van der Waals surface area (Å²) in [6.07, 6.45) is 3.17. The number of carbonyl (C=O) groups excluding carboxylic acids is 1. The highest BCUT2D eigenvalue weighted by atomic mass is 79.9. The van der Waals surface area contributed by atoms with E-state index >= 15 is 0 Å². The van der Waals surface area contributed by atoms with Crippen LogP contribution in [-0.4, -0.2) is 28.9 Å². The fourth-order valence-electron chi connectivity index (χ4n) is 3.02. The Morgan fingerprint density at radius 1 is 1.31 bits per heavy atom. The van der Waals surface area contributed by atoms with E-state index in [1.807, 2.05) is 13.0 Å². The first kappa shape index (κ1) is 18.3. The van der Waals surface area contributed by atoms with Gasteiger partial charge >= 0.3 is 0 Å². The van der Waals surface area contributed by atoms with E-state index < -0.39 is 4.92 Å². The summed E-state index contributed by atoms with van der Waals surface area (Å²) in [5, 5.41) is 13.7. The number of hydrogen-bond donors (Lipinski definition) is 1. The summed E-state index contributed by atoms with van der Waals surface area (Å²) in [4.78, 5) is 29.2. The highest BCUT2D eigenvalue weighted by Gasteiger charge is 2.26. The van der Waals surface area contributed by atoms with Gasteiger partial charge in [0.25, 0.3) is 5.69 Å². The molecule has 3 rings (SSSR count). The third-order valence-corrected chi connectivity index (χ3v) is 5.15. The fraction of sp³-hybridized carbons (Fsp3) is 0.333. The van der Waals surface area contributed by atoms with E-state index in [4.69, 9.17) is 0 Å². The number of aryl methyl sites for hydroxylation is 1. The van der Waals surface area contributed by atoms with Gasteiger partial charge in [0, 0.05) is 41.8 Å². The van der Waals surface area contributed by atoms with Crippen LogP contribution in [0.5, 0.6) is 0 Å². The first-order chi connectivity index (χ1) is 12.4. The van der Waals surface area contributed by atoms with Crippen molar-refractivity contribution in [2.75, 3.05) is 23.3 Å². The number of hydrogen-bond acceptors (Lipinski definition) is 5. The number of piperidine rings is 1. The quantitative estimate of drug-likeness (QED) is 0.600. The Kier molecular flexibility index (Phi) is 5.51. The number of nitro groups is 1. The number of nitrogens with zero attached hydrogens (tertiary/aromatic N) is 3. The summed E-state index contributed by atoms with van der Waals surface area (Å²) in [6.45, 7) is 3.39. The molecule has 2 heterocycles. The average molecular weight is 419 g/mol. The number of amides is 1. The van der Waals surface area contributed by atoms with Gasteiger partial charge in [0.2, 0.25) is 5.91 Å². The van der Waals surface area contributed by atoms with Crippen LogP contribution in [0, 0.1) is 23.0 Å². The van der Waals surface area contributed by atoms with Crippen LogP contribution in [0.4, 0.5) is 17.2 Å². The van der Waals surface area contributed by atoms with E-state index in [0.29, 0.717) is 10.3 Å². The Bertz CT molecular complexity index is 818. The lowest BCUT2D eigenvalue weighted by Gasteiger charge is -2.33. The molecule has 0 atom stereocenters. The van der Waals surface area contributed by atoms with Crippen molar-refractivity contribution in [1.82, 2.24) is 4.98 Å². The summed E-state index contributed by atoms with van der Waals surface area (Å²) in [5.41, 5.74) is 2.01. The standard InChI is InChI=1S/C18H19BrN4O3/c1-12-2-5-17(20-11-12)21-18(24)13-6-8-22(9-7-13)16-4-3-14(23(25)26)10-15(16)19/h2-5,10-11,13H,6-9H2,1H3,(H,20,21,24). The predicted molar refractivity (Wildman–Crippen MR) is 103 cm³/mol. The third-order valence-electron chi connectivity index (χ3n) is 4.51. The van der Waals surface area contributed by atoms with Crippen molar-refractivity contribution >= 4 is 39.0 Å². The molecule has 8 heteroatoms. The summed E-state index contributed by atoms with van der Waals surface area (Å²) >= 11 is 3.41. The topological polar surface area (TPSA) is 88.4 Å². The van der Waals surface area contributed by atoms with Gasteiger partial charge in [-0.15, -0.1) is 0 Å². The molecule has 0 radical (unpaired) electrons. The molecule has 136 valence electrons. The van der Waals surface area contributed by atoms with Gasteiger partial charge in [-0.25, -0.2) is 4.98 Å². The molecule has 1 aliphatic heterocycles. The van der Waals surface area contributed by atoms with Gasteiger partial charge in [0.05, 0.1) is 10.6 Å². The van der Waals surface area contributed by atoms with Gasteiger partial charge in [0.15, 0.2) is 0 Å². The summed E-state index contributed by atoms with van der Waals surface area (Å²) in [6, 6.07) is 8.48. The van der Waals surface area contributed by atoms with Crippen molar-refractivity contribution in [2.45, 2.75) is 19.8 Å². The normalized spacial score (nSPS) is 14.9.